The Labute approximate surface area is 179 Å². The van der Waals surface area contributed by atoms with Crippen LogP contribution in [0.15, 0.2) is 18.3 Å². The summed E-state index contributed by atoms with van der Waals surface area (Å²) >= 11 is 6.52. The fourth-order valence-corrected chi connectivity index (χ4v) is 4.49. The molecule has 1 atom stereocenters. The van der Waals surface area contributed by atoms with Crippen molar-refractivity contribution in [2.24, 2.45) is 11.7 Å². The molecule has 0 aliphatic carbocycles. The van der Waals surface area contributed by atoms with E-state index in [2.05, 4.69) is 11.9 Å². The van der Waals surface area contributed by atoms with E-state index in [1.807, 2.05) is 32.9 Å². The molecule has 0 radical (unpaired) electrons. The number of rotatable bonds is 7. The van der Waals surface area contributed by atoms with Crippen LogP contribution in [0, 0.1) is 26.7 Å². The molecule has 3 aromatic rings. The molecule has 0 saturated carbocycles. The topological polar surface area (TPSA) is 48.2 Å². The maximum absolute atomic E-state index is 13.9. The number of benzene rings is 1. The summed E-state index contributed by atoms with van der Waals surface area (Å²) in [6.45, 7) is 8.21. The average Bonchev–Trinajstić information content (AvgIpc) is 3.14. The van der Waals surface area contributed by atoms with Crippen LogP contribution in [0.3, 0.4) is 0 Å². The lowest BCUT2D eigenvalue weighted by Gasteiger charge is -2.15. The number of hydrogen-bond acceptors (Lipinski definition) is 2. The Morgan fingerprint density at radius 1 is 1.17 bits per heavy atom. The monoisotopic (exact) mass is 440 g/mol. The highest BCUT2D eigenvalue weighted by atomic mass is 35.5. The fraction of sp³-hybridized carbons (Fsp3) is 0.500. The predicted molar refractivity (Wildman–Crippen MR) is 115 cm³/mol. The fourth-order valence-electron chi connectivity index (χ4n) is 4.23. The van der Waals surface area contributed by atoms with E-state index in [1.54, 1.807) is 4.57 Å². The van der Waals surface area contributed by atoms with Gasteiger partial charge in [0.25, 0.3) is 0 Å². The van der Waals surface area contributed by atoms with Crippen LogP contribution in [0.4, 0.5) is 13.2 Å². The molecule has 0 bridgehead atoms. The summed E-state index contributed by atoms with van der Waals surface area (Å²) < 4.78 is 44.7. The maximum Gasteiger partial charge on any atom is 0.435 e. The molecule has 30 heavy (non-hydrogen) atoms. The predicted octanol–water partition coefficient (Wildman–Crippen LogP) is 6.03. The van der Waals surface area contributed by atoms with E-state index < -0.39 is 11.9 Å². The SMILES string of the molecule is CCCCC(CN)Cc1c(C(F)(F)F)nc2n(-c3c(C)cc(C)cc3C)c(Cl)cn12. The minimum absolute atomic E-state index is 0.0454. The lowest BCUT2D eigenvalue weighted by Crippen LogP contribution is -2.20. The standard InChI is InChI=1S/C22H28ClF3N4/c1-5-6-7-16(11-27)10-17-20(22(24,25)26)28-21-29(17)12-18(23)30(21)19-14(3)8-13(2)9-15(19)4/h8-9,12,16H,5-7,10-11,27H2,1-4H3. The number of nitrogens with two attached hydrogens (primary N) is 1. The minimum Gasteiger partial charge on any atom is -0.330 e. The highest BCUT2D eigenvalue weighted by molar-refractivity contribution is 6.30. The van der Waals surface area contributed by atoms with Gasteiger partial charge in [0, 0.05) is 6.20 Å². The van der Waals surface area contributed by atoms with Crippen molar-refractivity contribution in [1.82, 2.24) is 14.0 Å². The van der Waals surface area contributed by atoms with Gasteiger partial charge in [-0.15, -0.1) is 0 Å². The number of fused-ring (bicyclic) bond motifs is 1. The number of unbranched alkanes of at least 4 members (excludes halogenated alkanes) is 1. The van der Waals surface area contributed by atoms with E-state index in [9.17, 15) is 13.2 Å². The van der Waals surface area contributed by atoms with Gasteiger partial charge < -0.3 is 5.73 Å². The van der Waals surface area contributed by atoms with Crippen LogP contribution in [0.1, 0.15) is 54.3 Å². The van der Waals surface area contributed by atoms with Crippen LogP contribution in [-0.4, -0.2) is 20.5 Å². The van der Waals surface area contributed by atoms with Gasteiger partial charge in [-0.25, -0.2) is 4.98 Å². The van der Waals surface area contributed by atoms with E-state index in [0.717, 1.165) is 41.6 Å². The molecule has 1 aromatic carbocycles. The van der Waals surface area contributed by atoms with Gasteiger partial charge in [-0.05, 0) is 57.2 Å². The summed E-state index contributed by atoms with van der Waals surface area (Å²) in [7, 11) is 0. The van der Waals surface area contributed by atoms with E-state index in [4.69, 9.17) is 17.3 Å². The summed E-state index contributed by atoms with van der Waals surface area (Å²) in [6, 6.07) is 3.97. The maximum atomic E-state index is 13.9. The molecule has 1 unspecified atom stereocenters. The van der Waals surface area contributed by atoms with Crippen molar-refractivity contribution in [3.8, 4) is 5.69 Å². The lowest BCUT2D eigenvalue weighted by atomic mass is 9.96. The molecule has 2 N–H and O–H groups in total. The molecule has 0 amide bonds. The zero-order valence-corrected chi connectivity index (χ0v) is 18.5. The Kier molecular flexibility index (Phi) is 6.53. The summed E-state index contributed by atoms with van der Waals surface area (Å²) in [4.78, 5) is 4.03. The Bertz CT molecular complexity index is 1030. The third-order valence-corrected chi connectivity index (χ3v) is 5.82. The summed E-state index contributed by atoms with van der Waals surface area (Å²) in [5, 5.41) is 0.320. The Hall–Kier alpha value is -1.99. The van der Waals surface area contributed by atoms with Crippen molar-refractivity contribution in [2.75, 3.05) is 6.54 Å². The summed E-state index contributed by atoms with van der Waals surface area (Å²) in [6.07, 6.45) is -0.144. The second-order valence-electron chi connectivity index (χ2n) is 8.06. The molecule has 0 aliphatic rings. The quantitative estimate of drug-likeness (QED) is 0.487. The van der Waals surface area contributed by atoms with Crippen LogP contribution in [0.2, 0.25) is 5.15 Å². The first-order chi connectivity index (χ1) is 14.1. The molecule has 4 nitrogen and oxygen atoms in total. The number of halogens is 4. The third-order valence-electron chi connectivity index (χ3n) is 5.55. The number of aryl methyl sites for hydroxylation is 3. The van der Waals surface area contributed by atoms with Crippen LogP contribution >= 0.6 is 11.6 Å². The first-order valence-corrected chi connectivity index (χ1v) is 10.6. The van der Waals surface area contributed by atoms with Crippen LogP contribution in [0.25, 0.3) is 11.5 Å². The number of alkyl halides is 3. The van der Waals surface area contributed by atoms with Gasteiger partial charge in [-0.1, -0.05) is 49.1 Å². The second-order valence-corrected chi connectivity index (χ2v) is 8.44. The molecule has 2 heterocycles. The van der Waals surface area contributed by atoms with E-state index in [0.29, 0.717) is 11.7 Å². The Balaban J connectivity index is 2.22. The molecular formula is C22H28ClF3N4. The average molecular weight is 441 g/mol. The highest BCUT2D eigenvalue weighted by Gasteiger charge is 2.39. The number of nitrogens with zero attached hydrogens (tertiary/aromatic N) is 3. The molecule has 8 heteroatoms. The van der Waals surface area contributed by atoms with Gasteiger partial charge in [-0.3, -0.25) is 8.97 Å². The zero-order valence-electron chi connectivity index (χ0n) is 17.8. The molecule has 0 fully saturated rings. The van der Waals surface area contributed by atoms with Crippen molar-refractivity contribution in [3.05, 3.63) is 51.6 Å². The van der Waals surface area contributed by atoms with Crippen molar-refractivity contribution >= 4 is 17.4 Å². The van der Waals surface area contributed by atoms with Crippen LogP contribution in [-0.2, 0) is 12.6 Å². The molecule has 3 rings (SSSR count). The van der Waals surface area contributed by atoms with Crippen LogP contribution < -0.4 is 5.73 Å². The first-order valence-electron chi connectivity index (χ1n) is 10.2. The molecule has 0 spiro atoms. The third kappa shape index (κ3) is 4.23. The van der Waals surface area contributed by atoms with Gasteiger partial charge in [0.1, 0.15) is 5.15 Å². The smallest absolute Gasteiger partial charge is 0.330 e. The largest absolute Gasteiger partial charge is 0.435 e. The van der Waals surface area contributed by atoms with E-state index in [-0.39, 0.29) is 23.8 Å². The van der Waals surface area contributed by atoms with Gasteiger partial charge >= 0.3 is 6.18 Å². The zero-order chi connectivity index (χ0) is 22.2. The van der Waals surface area contributed by atoms with Crippen molar-refractivity contribution < 1.29 is 13.2 Å². The van der Waals surface area contributed by atoms with E-state index in [1.165, 1.54) is 10.6 Å². The van der Waals surface area contributed by atoms with Gasteiger partial charge in [0.15, 0.2) is 5.69 Å². The Morgan fingerprint density at radius 3 is 2.33 bits per heavy atom. The van der Waals surface area contributed by atoms with Crippen molar-refractivity contribution in [1.29, 1.82) is 0 Å². The normalized spacial score (nSPS) is 13.4. The van der Waals surface area contributed by atoms with E-state index >= 15 is 0 Å². The highest BCUT2D eigenvalue weighted by Crippen LogP contribution is 2.36. The molecule has 0 aliphatic heterocycles. The minimum atomic E-state index is -4.56. The summed E-state index contributed by atoms with van der Waals surface area (Å²) in [5.41, 5.74) is 8.81. The first kappa shape index (κ1) is 22.7. The van der Waals surface area contributed by atoms with Gasteiger partial charge in [0.2, 0.25) is 5.78 Å². The Morgan fingerprint density at radius 2 is 1.80 bits per heavy atom. The summed E-state index contributed by atoms with van der Waals surface area (Å²) in [5.74, 6) is 0.125. The number of aromatic nitrogens is 3. The second kappa shape index (κ2) is 8.63. The molecular weight excluding hydrogens is 413 g/mol. The van der Waals surface area contributed by atoms with Gasteiger partial charge in [0.05, 0.1) is 11.4 Å². The van der Waals surface area contributed by atoms with Crippen molar-refractivity contribution in [3.63, 3.8) is 0 Å². The van der Waals surface area contributed by atoms with Gasteiger partial charge in [-0.2, -0.15) is 13.2 Å². The molecule has 2 aromatic heterocycles. The van der Waals surface area contributed by atoms with Crippen LogP contribution in [0.5, 0.6) is 0 Å². The number of hydrogen-bond donors (Lipinski definition) is 1. The molecule has 164 valence electrons. The van der Waals surface area contributed by atoms with Crippen molar-refractivity contribution in [2.45, 2.75) is 59.6 Å². The lowest BCUT2D eigenvalue weighted by molar-refractivity contribution is -0.141. The number of imidazole rings is 2. The molecule has 0 saturated heterocycles.